The molecule has 3 rings (SSSR count). The van der Waals surface area contributed by atoms with Crippen LogP contribution in [0.5, 0.6) is 5.75 Å². The molecule has 3 aromatic rings. The maximum absolute atomic E-state index is 12.5. The van der Waals surface area contributed by atoms with Crippen molar-refractivity contribution in [3.05, 3.63) is 66.6 Å². The van der Waals surface area contributed by atoms with Crippen molar-refractivity contribution < 1.29 is 13.9 Å². The average molecular weight is 323 g/mol. The van der Waals surface area contributed by atoms with Gasteiger partial charge < -0.3 is 14.1 Å². The van der Waals surface area contributed by atoms with E-state index in [-0.39, 0.29) is 5.91 Å². The van der Waals surface area contributed by atoms with E-state index in [1.807, 2.05) is 42.5 Å². The van der Waals surface area contributed by atoms with E-state index in [1.54, 1.807) is 26.2 Å². The molecule has 0 aliphatic carbocycles. The molecule has 1 atom stereocenters. The molecule has 6 heteroatoms. The standard InChI is InChI=1S/C18H17N3O3/c1-21(2)18(22)16(13-6-4-3-5-7-13)24-15-10-8-14(9-11-15)17-20-19-12-23-17/h3-12,16H,1-2H3/t16-/m0/s1. The number of amides is 1. The second-order valence-corrected chi connectivity index (χ2v) is 5.41. The summed E-state index contributed by atoms with van der Waals surface area (Å²) in [5.74, 6) is 0.898. The molecule has 0 aliphatic heterocycles. The van der Waals surface area contributed by atoms with Gasteiger partial charge in [0.15, 0.2) is 0 Å². The van der Waals surface area contributed by atoms with Gasteiger partial charge in [0.1, 0.15) is 5.75 Å². The molecule has 0 saturated heterocycles. The number of carbonyl (C=O) groups is 1. The number of nitrogens with zero attached hydrogens (tertiary/aromatic N) is 3. The lowest BCUT2D eigenvalue weighted by molar-refractivity contribution is -0.136. The molecular weight excluding hydrogens is 306 g/mol. The third kappa shape index (κ3) is 3.43. The molecule has 0 bridgehead atoms. The summed E-state index contributed by atoms with van der Waals surface area (Å²) in [6, 6.07) is 16.6. The van der Waals surface area contributed by atoms with E-state index >= 15 is 0 Å². The Labute approximate surface area is 139 Å². The highest BCUT2D eigenvalue weighted by Crippen LogP contribution is 2.26. The van der Waals surface area contributed by atoms with Gasteiger partial charge in [-0.15, -0.1) is 10.2 Å². The lowest BCUT2D eigenvalue weighted by atomic mass is 10.1. The number of aromatic nitrogens is 2. The largest absolute Gasteiger partial charge is 0.476 e. The lowest BCUT2D eigenvalue weighted by Crippen LogP contribution is -2.31. The van der Waals surface area contributed by atoms with Crippen LogP contribution >= 0.6 is 0 Å². The molecule has 2 aromatic carbocycles. The Morgan fingerprint density at radius 3 is 2.38 bits per heavy atom. The van der Waals surface area contributed by atoms with Crippen LogP contribution in [0.15, 0.2) is 65.4 Å². The predicted molar refractivity (Wildman–Crippen MR) is 88.2 cm³/mol. The summed E-state index contributed by atoms with van der Waals surface area (Å²) in [6.45, 7) is 0. The van der Waals surface area contributed by atoms with Gasteiger partial charge in [0.05, 0.1) is 0 Å². The highest BCUT2D eigenvalue weighted by atomic mass is 16.5. The van der Waals surface area contributed by atoms with Gasteiger partial charge >= 0.3 is 0 Å². The van der Waals surface area contributed by atoms with E-state index in [4.69, 9.17) is 9.15 Å². The normalized spacial score (nSPS) is 11.8. The lowest BCUT2D eigenvalue weighted by Gasteiger charge is -2.22. The summed E-state index contributed by atoms with van der Waals surface area (Å²) in [7, 11) is 3.42. The van der Waals surface area contributed by atoms with Crippen molar-refractivity contribution in [3.8, 4) is 17.2 Å². The number of likely N-dealkylation sites (N-methyl/N-ethyl adjacent to an activating group) is 1. The highest BCUT2D eigenvalue weighted by molar-refractivity contribution is 5.82. The molecule has 1 heterocycles. The van der Waals surface area contributed by atoms with Crippen molar-refractivity contribution >= 4 is 5.91 Å². The van der Waals surface area contributed by atoms with Gasteiger partial charge in [0.2, 0.25) is 18.4 Å². The third-order valence-electron chi connectivity index (χ3n) is 3.48. The van der Waals surface area contributed by atoms with Gasteiger partial charge in [0.25, 0.3) is 5.91 Å². The molecule has 0 fully saturated rings. The summed E-state index contributed by atoms with van der Waals surface area (Å²) in [6.07, 6.45) is 0.580. The Morgan fingerprint density at radius 1 is 1.08 bits per heavy atom. The minimum atomic E-state index is -0.699. The molecule has 24 heavy (non-hydrogen) atoms. The molecule has 0 unspecified atom stereocenters. The third-order valence-corrected chi connectivity index (χ3v) is 3.48. The van der Waals surface area contributed by atoms with Crippen molar-refractivity contribution in [2.45, 2.75) is 6.10 Å². The molecule has 0 spiro atoms. The Kier molecular flexibility index (Phi) is 4.56. The van der Waals surface area contributed by atoms with Crippen LogP contribution in [0.25, 0.3) is 11.5 Å². The summed E-state index contributed by atoms with van der Waals surface area (Å²) in [5.41, 5.74) is 1.59. The van der Waals surface area contributed by atoms with Crippen LogP contribution in [0, 0.1) is 0 Å². The van der Waals surface area contributed by atoms with E-state index in [2.05, 4.69) is 10.2 Å². The Morgan fingerprint density at radius 2 is 1.79 bits per heavy atom. The first-order valence-electron chi connectivity index (χ1n) is 7.44. The molecule has 122 valence electrons. The summed E-state index contributed by atoms with van der Waals surface area (Å²) < 4.78 is 11.1. The first-order chi connectivity index (χ1) is 11.6. The van der Waals surface area contributed by atoms with Crippen molar-refractivity contribution in [2.24, 2.45) is 0 Å². The minimum absolute atomic E-state index is 0.123. The van der Waals surface area contributed by atoms with Crippen molar-refractivity contribution in [2.75, 3.05) is 14.1 Å². The molecule has 1 amide bonds. The second kappa shape index (κ2) is 6.95. The molecule has 0 saturated carbocycles. The van der Waals surface area contributed by atoms with Crippen LogP contribution in [0.4, 0.5) is 0 Å². The van der Waals surface area contributed by atoms with Crippen LogP contribution in [-0.2, 0) is 4.79 Å². The molecule has 0 radical (unpaired) electrons. The van der Waals surface area contributed by atoms with Crippen LogP contribution < -0.4 is 4.74 Å². The number of hydrogen-bond donors (Lipinski definition) is 0. The molecule has 1 aromatic heterocycles. The summed E-state index contributed by atoms with van der Waals surface area (Å²) in [5, 5.41) is 7.51. The maximum Gasteiger partial charge on any atom is 0.267 e. The zero-order valence-corrected chi connectivity index (χ0v) is 13.4. The smallest absolute Gasteiger partial charge is 0.267 e. The van der Waals surface area contributed by atoms with Crippen molar-refractivity contribution in [1.82, 2.24) is 15.1 Å². The fourth-order valence-corrected chi connectivity index (χ4v) is 2.23. The van der Waals surface area contributed by atoms with Crippen LogP contribution in [0.3, 0.4) is 0 Å². The number of ether oxygens (including phenoxy) is 1. The van der Waals surface area contributed by atoms with E-state index in [1.165, 1.54) is 11.3 Å². The predicted octanol–water partition coefficient (Wildman–Crippen LogP) is 2.94. The van der Waals surface area contributed by atoms with Crippen LogP contribution in [0.2, 0.25) is 0 Å². The van der Waals surface area contributed by atoms with Crippen molar-refractivity contribution in [1.29, 1.82) is 0 Å². The SMILES string of the molecule is CN(C)C(=O)[C@@H](Oc1ccc(-c2nnco2)cc1)c1ccccc1. The van der Waals surface area contributed by atoms with E-state index < -0.39 is 6.10 Å². The fraction of sp³-hybridized carbons (Fsp3) is 0.167. The molecular formula is C18H17N3O3. The minimum Gasteiger partial charge on any atom is -0.476 e. The monoisotopic (exact) mass is 323 g/mol. The zero-order valence-electron chi connectivity index (χ0n) is 13.4. The first kappa shape index (κ1) is 15.7. The van der Waals surface area contributed by atoms with Crippen molar-refractivity contribution in [3.63, 3.8) is 0 Å². The van der Waals surface area contributed by atoms with Gasteiger partial charge in [-0.05, 0) is 24.3 Å². The Hall–Kier alpha value is -3.15. The topological polar surface area (TPSA) is 68.5 Å². The van der Waals surface area contributed by atoms with Gasteiger partial charge in [-0.3, -0.25) is 4.79 Å². The molecule has 6 nitrogen and oxygen atoms in total. The maximum atomic E-state index is 12.5. The van der Waals surface area contributed by atoms with Gasteiger partial charge in [-0.25, -0.2) is 0 Å². The average Bonchev–Trinajstić information content (AvgIpc) is 3.15. The zero-order chi connectivity index (χ0) is 16.9. The number of hydrogen-bond acceptors (Lipinski definition) is 5. The summed E-state index contributed by atoms with van der Waals surface area (Å²) >= 11 is 0. The van der Waals surface area contributed by atoms with Gasteiger partial charge in [-0.2, -0.15) is 0 Å². The quantitative estimate of drug-likeness (QED) is 0.722. The van der Waals surface area contributed by atoms with E-state index in [9.17, 15) is 4.79 Å². The number of benzene rings is 2. The number of carbonyl (C=O) groups excluding carboxylic acids is 1. The van der Waals surface area contributed by atoms with E-state index in [0.717, 1.165) is 11.1 Å². The Bertz CT molecular complexity index is 784. The molecule has 0 aliphatic rings. The Balaban J connectivity index is 1.83. The van der Waals surface area contributed by atoms with Crippen LogP contribution in [-0.4, -0.2) is 35.1 Å². The summed E-state index contributed by atoms with van der Waals surface area (Å²) in [4.78, 5) is 14.0. The number of rotatable bonds is 5. The van der Waals surface area contributed by atoms with Gasteiger partial charge in [0, 0.05) is 25.2 Å². The highest BCUT2D eigenvalue weighted by Gasteiger charge is 2.24. The molecule has 0 N–H and O–H groups in total. The van der Waals surface area contributed by atoms with E-state index in [0.29, 0.717) is 11.6 Å². The fourth-order valence-electron chi connectivity index (χ4n) is 2.23. The van der Waals surface area contributed by atoms with Gasteiger partial charge in [-0.1, -0.05) is 30.3 Å². The second-order valence-electron chi connectivity index (χ2n) is 5.41. The first-order valence-corrected chi connectivity index (χ1v) is 7.44. The van der Waals surface area contributed by atoms with Crippen LogP contribution in [0.1, 0.15) is 11.7 Å².